The Balaban J connectivity index is 1.91. The highest BCUT2D eigenvalue weighted by Gasteiger charge is 2.32. The number of ether oxygens (including phenoxy) is 1. The van der Waals surface area contributed by atoms with Crippen molar-refractivity contribution in [3.63, 3.8) is 0 Å². The van der Waals surface area contributed by atoms with Crippen molar-refractivity contribution >= 4 is 21.6 Å². The van der Waals surface area contributed by atoms with Gasteiger partial charge in [0, 0.05) is 38.4 Å². The molecule has 1 N–H and O–H groups in total. The number of aromatic nitrogens is 2. The lowest BCUT2D eigenvalue weighted by Gasteiger charge is -2.24. The first-order valence-electron chi connectivity index (χ1n) is 8.59. The molecule has 1 aromatic heterocycles. The van der Waals surface area contributed by atoms with E-state index in [1.54, 1.807) is 7.11 Å². The Morgan fingerprint density at radius 3 is 2.69 bits per heavy atom. The Morgan fingerprint density at radius 1 is 1.27 bits per heavy atom. The van der Waals surface area contributed by atoms with E-state index in [-0.39, 0.29) is 17.5 Å². The SMILES string of the molecule is COCCNc1cc(-c2ccccc2)nc(N(C)C2CCS(=O)(=O)C2)n1. The standard InChI is InChI=1S/C18H24N4O3S/c1-22(15-8-11-26(23,24)13-15)18-20-16(14-6-4-3-5-7-14)12-17(21-18)19-9-10-25-2/h3-7,12,15H,8-11,13H2,1-2H3,(H,19,20,21). The highest BCUT2D eigenvalue weighted by atomic mass is 32.2. The highest BCUT2D eigenvalue weighted by Crippen LogP contribution is 2.25. The van der Waals surface area contributed by atoms with Crippen molar-refractivity contribution in [3.8, 4) is 11.3 Å². The maximum absolute atomic E-state index is 11.8. The molecule has 8 heteroatoms. The molecule has 0 aliphatic carbocycles. The number of hydrogen-bond donors (Lipinski definition) is 1. The van der Waals surface area contributed by atoms with Crippen molar-refractivity contribution < 1.29 is 13.2 Å². The van der Waals surface area contributed by atoms with Crippen LogP contribution in [0.2, 0.25) is 0 Å². The van der Waals surface area contributed by atoms with Gasteiger partial charge in [0.25, 0.3) is 0 Å². The van der Waals surface area contributed by atoms with Crippen LogP contribution in [0.3, 0.4) is 0 Å². The number of hydrogen-bond acceptors (Lipinski definition) is 7. The van der Waals surface area contributed by atoms with E-state index >= 15 is 0 Å². The van der Waals surface area contributed by atoms with Crippen molar-refractivity contribution in [1.82, 2.24) is 9.97 Å². The zero-order valence-electron chi connectivity index (χ0n) is 15.1. The van der Waals surface area contributed by atoms with Crippen LogP contribution in [-0.2, 0) is 14.6 Å². The number of nitrogens with zero attached hydrogens (tertiary/aromatic N) is 3. The third-order valence-electron chi connectivity index (χ3n) is 4.47. The van der Waals surface area contributed by atoms with E-state index in [2.05, 4.69) is 15.3 Å². The minimum atomic E-state index is -2.97. The number of anilines is 2. The van der Waals surface area contributed by atoms with Gasteiger partial charge in [0.2, 0.25) is 5.95 Å². The quantitative estimate of drug-likeness (QED) is 0.738. The lowest BCUT2D eigenvalue weighted by molar-refractivity contribution is 0.210. The van der Waals surface area contributed by atoms with Gasteiger partial charge in [0.05, 0.1) is 23.8 Å². The molecule has 2 aromatic rings. The lowest BCUT2D eigenvalue weighted by Crippen LogP contribution is -2.34. The zero-order chi connectivity index (χ0) is 18.6. The molecular weight excluding hydrogens is 352 g/mol. The van der Waals surface area contributed by atoms with Gasteiger partial charge in [0.1, 0.15) is 5.82 Å². The average molecular weight is 376 g/mol. The minimum absolute atomic E-state index is 0.0992. The number of methoxy groups -OCH3 is 1. The molecule has 0 amide bonds. The molecule has 1 aromatic carbocycles. The van der Waals surface area contributed by atoms with Crippen molar-refractivity contribution in [2.24, 2.45) is 0 Å². The second-order valence-corrected chi connectivity index (χ2v) is 8.62. The maximum atomic E-state index is 11.8. The van der Waals surface area contributed by atoms with Gasteiger partial charge >= 0.3 is 0 Å². The molecule has 1 fully saturated rings. The average Bonchev–Trinajstić information content (AvgIpc) is 3.01. The van der Waals surface area contributed by atoms with E-state index < -0.39 is 9.84 Å². The molecule has 1 unspecified atom stereocenters. The first-order valence-corrected chi connectivity index (χ1v) is 10.4. The van der Waals surface area contributed by atoms with Crippen molar-refractivity contribution in [3.05, 3.63) is 36.4 Å². The van der Waals surface area contributed by atoms with Crippen molar-refractivity contribution in [2.45, 2.75) is 12.5 Å². The summed E-state index contributed by atoms with van der Waals surface area (Å²) < 4.78 is 28.7. The van der Waals surface area contributed by atoms with Crippen molar-refractivity contribution in [1.29, 1.82) is 0 Å². The predicted molar refractivity (Wildman–Crippen MR) is 103 cm³/mol. The van der Waals surface area contributed by atoms with Crippen LogP contribution in [0.1, 0.15) is 6.42 Å². The molecule has 140 valence electrons. The van der Waals surface area contributed by atoms with E-state index in [0.717, 1.165) is 11.3 Å². The summed E-state index contributed by atoms with van der Waals surface area (Å²) in [4.78, 5) is 11.1. The number of sulfone groups is 1. The molecule has 0 bridgehead atoms. The van der Waals surface area contributed by atoms with Gasteiger partial charge in [-0.2, -0.15) is 4.98 Å². The van der Waals surface area contributed by atoms with Gasteiger partial charge in [-0.1, -0.05) is 30.3 Å². The van der Waals surface area contributed by atoms with E-state index in [4.69, 9.17) is 4.74 Å². The Bertz CT molecular complexity index is 843. The normalized spacial score (nSPS) is 18.6. The molecule has 0 spiro atoms. The second kappa shape index (κ2) is 8.01. The highest BCUT2D eigenvalue weighted by molar-refractivity contribution is 7.91. The largest absolute Gasteiger partial charge is 0.383 e. The van der Waals surface area contributed by atoms with Crippen LogP contribution in [0.25, 0.3) is 11.3 Å². The fourth-order valence-corrected chi connectivity index (χ4v) is 4.74. The molecule has 1 atom stereocenters. The molecular formula is C18H24N4O3S. The summed E-state index contributed by atoms with van der Waals surface area (Å²) in [5.41, 5.74) is 1.78. The topological polar surface area (TPSA) is 84.4 Å². The van der Waals surface area contributed by atoms with Gasteiger partial charge in [-0.05, 0) is 6.42 Å². The van der Waals surface area contributed by atoms with Gasteiger partial charge < -0.3 is 15.0 Å². The van der Waals surface area contributed by atoms with E-state index in [0.29, 0.717) is 31.3 Å². The molecule has 1 aliphatic rings. The Morgan fingerprint density at radius 2 is 2.04 bits per heavy atom. The Labute approximate surface area is 154 Å². The third kappa shape index (κ3) is 4.50. The summed E-state index contributed by atoms with van der Waals surface area (Å²) in [5.74, 6) is 1.58. The van der Waals surface area contributed by atoms with Gasteiger partial charge in [0.15, 0.2) is 9.84 Å². The minimum Gasteiger partial charge on any atom is -0.383 e. The van der Waals surface area contributed by atoms with Crippen LogP contribution in [0.4, 0.5) is 11.8 Å². The molecule has 1 saturated heterocycles. The summed E-state index contributed by atoms with van der Waals surface area (Å²) in [7, 11) is 0.537. The lowest BCUT2D eigenvalue weighted by atomic mass is 10.1. The monoisotopic (exact) mass is 376 g/mol. The van der Waals surface area contributed by atoms with Crippen LogP contribution in [0.15, 0.2) is 36.4 Å². The van der Waals surface area contributed by atoms with E-state index in [1.165, 1.54) is 0 Å². The molecule has 0 saturated carbocycles. The van der Waals surface area contributed by atoms with Crippen LogP contribution >= 0.6 is 0 Å². The number of benzene rings is 1. The summed E-state index contributed by atoms with van der Waals surface area (Å²) >= 11 is 0. The van der Waals surface area contributed by atoms with E-state index in [1.807, 2.05) is 48.3 Å². The second-order valence-electron chi connectivity index (χ2n) is 6.39. The van der Waals surface area contributed by atoms with Crippen LogP contribution in [0, 0.1) is 0 Å². The fraction of sp³-hybridized carbons (Fsp3) is 0.444. The maximum Gasteiger partial charge on any atom is 0.227 e. The van der Waals surface area contributed by atoms with Crippen LogP contribution in [-0.4, -0.2) is 63.2 Å². The van der Waals surface area contributed by atoms with Crippen LogP contribution in [0.5, 0.6) is 0 Å². The predicted octanol–water partition coefficient (Wildman–Crippen LogP) is 1.83. The Hall–Kier alpha value is -2.19. The summed E-state index contributed by atoms with van der Waals surface area (Å²) in [6.07, 6.45) is 0.601. The molecule has 26 heavy (non-hydrogen) atoms. The first-order chi connectivity index (χ1) is 12.5. The van der Waals surface area contributed by atoms with Gasteiger partial charge in [-0.3, -0.25) is 0 Å². The first kappa shape index (κ1) is 18.6. The third-order valence-corrected chi connectivity index (χ3v) is 6.22. The van der Waals surface area contributed by atoms with E-state index in [9.17, 15) is 8.42 Å². The number of nitrogens with one attached hydrogen (secondary N) is 1. The van der Waals surface area contributed by atoms with Crippen LogP contribution < -0.4 is 10.2 Å². The molecule has 1 aliphatic heterocycles. The smallest absolute Gasteiger partial charge is 0.227 e. The summed E-state index contributed by atoms with van der Waals surface area (Å²) in [6, 6.07) is 11.7. The molecule has 7 nitrogen and oxygen atoms in total. The van der Waals surface area contributed by atoms with Crippen molar-refractivity contribution in [2.75, 3.05) is 49.0 Å². The van der Waals surface area contributed by atoms with Gasteiger partial charge in [-0.15, -0.1) is 0 Å². The fourth-order valence-electron chi connectivity index (χ4n) is 2.96. The molecule has 3 rings (SSSR count). The summed E-state index contributed by atoms with van der Waals surface area (Å²) in [6.45, 7) is 1.19. The molecule has 2 heterocycles. The summed E-state index contributed by atoms with van der Waals surface area (Å²) in [5, 5.41) is 3.24. The van der Waals surface area contributed by atoms with Gasteiger partial charge in [-0.25, -0.2) is 13.4 Å². The molecule has 0 radical (unpaired) electrons. The Kier molecular flexibility index (Phi) is 5.73. The number of rotatable bonds is 7. The zero-order valence-corrected chi connectivity index (χ0v) is 15.9.